The molecular weight excluding hydrogens is 358 g/mol. The van der Waals surface area contributed by atoms with Gasteiger partial charge in [0.1, 0.15) is 5.82 Å². The number of carbonyl (C=O) groups is 1. The largest absolute Gasteiger partial charge is 0.369 e. The number of hydrogen-bond acceptors (Lipinski definition) is 4. The minimum atomic E-state index is -0.346. The summed E-state index contributed by atoms with van der Waals surface area (Å²) in [5.74, 6) is 0.599. The van der Waals surface area contributed by atoms with E-state index < -0.39 is 0 Å². The van der Waals surface area contributed by atoms with E-state index >= 15 is 0 Å². The quantitative estimate of drug-likeness (QED) is 0.714. The molecule has 7 heteroatoms. The summed E-state index contributed by atoms with van der Waals surface area (Å²) in [4.78, 5) is 25.0. The predicted molar refractivity (Wildman–Crippen MR) is 90.1 cm³/mol. The fourth-order valence-electron chi connectivity index (χ4n) is 2.63. The van der Waals surface area contributed by atoms with Crippen LogP contribution in [0.5, 0.6) is 0 Å². The van der Waals surface area contributed by atoms with E-state index in [2.05, 4.69) is 36.2 Å². The van der Waals surface area contributed by atoms with E-state index in [9.17, 15) is 4.79 Å². The van der Waals surface area contributed by atoms with Crippen molar-refractivity contribution in [1.82, 2.24) is 14.5 Å². The molecule has 0 radical (unpaired) electrons. The summed E-state index contributed by atoms with van der Waals surface area (Å²) in [6.45, 7) is 1.52. The molecule has 114 valence electrons. The Bertz CT molecular complexity index is 981. The molecule has 0 atom stereocenters. The molecule has 2 aromatic heterocycles. The number of rotatable bonds is 1. The van der Waals surface area contributed by atoms with Crippen LogP contribution in [-0.4, -0.2) is 27.0 Å². The van der Waals surface area contributed by atoms with Crippen molar-refractivity contribution in [2.24, 2.45) is 4.99 Å². The van der Waals surface area contributed by atoms with Crippen molar-refractivity contribution in [2.75, 3.05) is 11.9 Å². The van der Waals surface area contributed by atoms with Gasteiger partial charge in [0.2, 0.25) is 5.62 Å². The van der Waals surface area contributed by atoms with Gasteiger partial charge in [-0.15, -0.1) is 0 Å². The highest BCUT2D eigenvalue weighted by atomic mass is 79.9. The van der Waals surface area contributed by atoms with Crippen LogP contribution in [0.15, 0.2) is 52.2 Å². The Morgan fingerprint density at radius 3 is 3.09 bits per heavy atom. The molecule has 0 bridgehead atoms. The van der Waals surface area contributed by atoms with E-state index in [1.54, 1.807) is 18.3 Å². The van der Waals surface area contributed by atoms with Crippen LogP contribution in [0.1, 0.15) is 10.4 Å². The van der Waals surface area contributed by atoms with Crippen LogP contribution in [0.3, 0.4) is 0 Å². The molecule has 1 aromatic carbocycles. The number of amides is 1. The molecule has 0 aliphatic carbocycles. The van der Waals surface area contributed by atoms with Gasteiger partial charge in [0, 0.05) is 35.3 Å². The molecule has 6 nitrogen and oxygen atoms in total. The topological polar surface area (TPSA) is 72.2 Å². The van der Waals surface area contributed by atoms with Crippen molar-refractivity contribution in [1.29, 1.82) is 0 Å². The third-order valence-corrected chi connectivity index (χ3v) is 4.18. The normalized spacial score (nSPS) is 13.9. The van der Waals surface area contributed by atoms with Gasteiger partial charge in [-0.2, -0.15) is 4.99 Å². The minimum Gasteiger partial charge on any atom is -0.369 e. The Balaban J connectivity index is 1.93. The number of fused-ring (bicyclic) bond motifs is 3. The van der Waals surface area contributed by atoms with Crippen molar-refractivity contribution in [3.05, 3.63) is 58.4 Å². The lowest BCUT2D eigenvalue weighted by Gasteiger charge is -2.08. The average Bonchev–Trinajstić information content (AvgIpc) is 3.05. The molecule has 4 rings (SSSR count). The number of anilines is 1. The van der Waals surface area contributed by atoms with Gasteiger partial charge in [-0.3, -0.25) is 14.3 Å². The first-order valence-electron chi connectivity index (χ1n) is 7.15. The standard InChI is InChI=1S/C16H12BrN5O/c17-11-3-4-12-13(8-11)20-16(22-7-6-19-14(12)22)21-15(23)10-2-1-5-18-9-10/h1-5,8-9,19H,6-7H2. The number of halogens is 1. The summed E-state index contributed by atoms with van der Waals surface area (Å²) in [5, 5.41) is 4.35. The zero-order valence-electron chi connectivity index (χ0n) is 12.0. The van der Waals surface area contributed by atoms with Crippen molar-refractivity contribution in [3.8, 4) is 0 Å². The highest BCUT2D eigenvalue weighted by Gasteiger charge is 2.16. The first kappa shape index (κ1) is 14.1. The summed E-state index contributed by atoms with van der Waals surface area (Å²) < 4.78 is 2.87. The Morgan fingerprint density at radius 2 is 2.26 bits per heavy atom. The van der Waals surface area contributed by atoms with Crippen molar-refractivity contribution in [3.63, 3.8) is 0 Å². The minimum absolute atomic E-state index is 0.346. The van der Waals surface area contributed by atoms with Crippen LogP contribution in [0.2, 0.25) is 0 Å². The van der Waals surface area contributed by atoms with Gasteiger partial charge in [-0.1, -0.05) is 15.9 Å². The van der Waals surface area contributed by atoms with Gasteiger partial charge in [-0.05, 0) is 30.3 Å². The van der Waals surface area contributed by atoms with E-state index in [0.29, 0.717) is 11.2 Å². The maximum Gasteiger partial charge on any atom is 0.281 e. The molecule has 0 fully saturated rings. The Morgan fingerprint density at radius 1 is 1.35 bits per heavy atom. The third kappa shape index (κ3) is 2.53. The van der Waals surface area contributed by atoms with Crippen LogP contribution in [-0.2, 0) is 6.54 Å². The number of hydrogen-bond donors (Lipinski definition) is 1. The lowest BCUT2D eigenvalue weighted by molar-refractivity contribution is 0.0996. The van der Waals surface area contributed by atoms with Crippen molar-refractivity contribution >= 4 is 38.6 Å². The molecule has 1 aliphatic heterocycles. The molecule has 0 saturated carbocycles. The molecule has 1 amide bonds. The number of nitrogens with zero attached hydrogens (tertiary/aromatic N) is 4. The van der Waals surface area contributed by atoms with Gasteiger partial charge >= 0.3 is 0 Å². The Kier molecular flexibility index (Phi) is 3.42. The van der Waals surface area contributed by atoms with Gasteiger partial charge in [0.05, 0.1) is 11.1 Å². The number of nitrogens with one attached hydrogen (secondary N) is 1. The van der Waals surface area contributed by atoms with Crippen LogP contribution in [0, 0.1) is 0 Å². The number of benzene rings is 1. The average molecular weight is 370 g/mol. The summed E-state index contributed by atoms with van der Waals surface area (Å²) in [7, 11) is 0. The van der Waals surface area contributed by atoms with Gasteiger partial charge in [-0.25, -0.2) is 4.98 Å². The number of pyridine rings is 1. The van der Waals surface area contributed by atoms with Crippen LogP contribution in [0.25, 0.3) is 10.9 Å². The molecule has 3 heterocycles. The van der Waals surface area contributed by atoms with Crippen LogP contribution in [0.4, 0.5) is 5.82 Å². The van der Waals surface area contributed by atoms with E-state index in [4.69, 9.17) is 0 Å². The maximum absolute atomic E-state index is 12.3. The zero-order valence-corrected chi connectivity index (χ0v) is 13.6. The van der Waals surface area contributed by atoms with Crippen LogP contribution < -0.4 is 10.9 Å². The lowest BCUT2D eigenvalue weighted by atomic mass is 10.2. The van der Waals surface area contributed by atoms with E-state index in [-0.39, 0.29) is 5.91 Å². The number of aromatic nitrogens is 3. The molecule has 1 N–H and O–H groups in total. The second kappa shape index (κ2) is 5.58. The SMILES string of the molecule is O=C(N=c1nc2cc(Br)ccc2c2n1CCN2)c1cccnc1. The van der Waals surface area contributed by atoms with E-state index in [0.717, 1.165) is 34.3 Å². The maximum atomic E-state index is 12.3. The smallest absolute Gasteiger partial charge is 0.281 e. The second-order valence-electron chi connectivity index (χ2n) is 5.16. The summed E-state index contributed by atoms with van der Waals surface area (Å²) in [5.41, 5.74) is 1.64. The van der Waals surface area contributed by atoms with Crippen LogP contribution >= 0.6 is 15.9 Å². The molecule has 0 unspecified atom stereocenters. The summed E-state index contributed by atoms with van der Waals surface area (Å²) >= 11 is 3.45. The molecule has 0 spiro atoms. The lowest BCUT2D eigenvalue weighted by Crippen LogP contribution is -2.24. The fourth-order valence-corrected chi connectivity index (χ4v) is 2.98. The summed E-state index contributed by atoms with van der Waals surface area (Å²) in [6.07, 6.45) is 3.13. The van der Waals surface area contributed by atoms with Crippen molar-refractivity contribution < 1.29 is 4.79 Å². The molecule has 1 aliphatic rings. The van der Waals surface area contributed by atoms with Gasteiger partial charge in [0.15, 0.2) is 0 Å². The Hall–Kier alpha value is -2.54. The molecule has 3 aromatic rings. The zero-order chi connectivity index (χ0) is 15.8. The first-order valence-corrected chi connectivity index (χ1v) is 7.95. The molecular formula is C16H12BrN5O. The third-order valence-electron chi connectivity index (χ3n) is 3.68. The highest BCUT2D eigenvalue weighted by molar-refractivity contribution is 9.10. The van der Waals surface area contributed by atoms with Gasteiger partial charge in [0.25, 0.3) is 5.91 Å². The Labute approximate surface area is 140 Å². The second-order valence-corrected chi connectivity index (χ2v) is 6.07. The molecule has 23 heavy (non-hydrogen) atoms. The monoisotopic (exact) mass is 369 g/mol. The van der Waals surface area contributed by atoms with Crippen molar-refractivity contribution in [2.45, 2.75) is 6.54 Å². The predicted octanol–water partition coefficient (Wildman–Crippen LogP) is 2.36. The van der Waals surface area contributed by atoms with E-state index in [1.807, 2.05) is 22.8 Å². The van der Waals surface area contributed by atoms with Gasteiger partial charge < -0.3 is 5.32 Å². The highest BCUT2D eigenvalue weighted by Crippen LogP contribution is 2.25. The number of carbonyl (C=O) groups excluding carboxylic acids is 1. The van der Waals surface area contributed by atoms with E-state index in [1.165, 1.54) is 6.20 Å². The fraction of sp³-hybridized carbons (Fsp3) is 0.125. The summed E-state index contributed by atoms with van der Waals surface area (Å²) in [6, 6.07) is 9.31. The molecule has 0 saturated heterocycles. The first-order chi connectivity index (χ1) is 11.2.